The second kappa shape index (κ2) is 8.58. The van der Waals surface area contributed by atoms with Gasteiger partial charge in [-0.05, 0) is 56.7 Å². The lowest BCUT2D eigenvalue weighted by atomic mass is 10.1. The summed E-state index contributed by atoms with van der Waals surface area (Å²) in [7, 11) is 3.32. The van der Waals surface area contributed by atoms with E-state index >= 15 is 0 Å². The van der Waals surface area contributed by atoms with Crippen molar-refractivity contribution in [1.29, 1.82) is 0 Å². The van der Waals surface area contributed by atoms with Crippen molar-refractivity contribution in [2.45, 2.75) is 32.9 Å². The Balaban J connectivity index is 2.02. The van der Waals surface area contributed by atoms with Gasteiger partial charge >= 0.3 is 6.03 Å². The molecule has 0 saturated heterocycles. The molecule has 2 aromatic carbocycles. The second-order valence-corrected chi connectivity index (χ2v) is 7.42. The minimum absolute atomic E-state index is 0.177. The Labute approximate surface area is 160 Å². The Morgan fingerprint density at radius 1 is 1.07 bits per heavy atom. The summed E-state index contributed by atoms with van der Waals surface area (Å²) < 4.78 is 5.21. The summed E-state index contributed by atoms with van der Waals surface area (Å²) in [6.45, 7) is 6.20. The van der Waals surface area contributed by atoms with Gasteiger partial charge in [0.1, 0.15) is 5.75 Å². The fourth-order valence-corrected chi connectivity index (χ4v) is 2.49. The summed E-state index contributed by atoms with van der Waals surface area (Å²) in [6, 6.07) is 14.2. The van der Waals surface area contributed by atoms with E-state index in [-0.39, 0.29) is 17.5 Å². The minimum atomic E-state index is -0.326. The minimum Gasteiger partial charge on any atom is -0.497 e. The molecule has 0 unspecified atom stereocenters. The van der Waals surface area contributed by atoms with Crippen molar-refractivity contribution in [2.24, 2.45) is 0 Å². The highest BCUT2D eigenvalue weighted by Gasteiger charge is 2.16. The highest BCUT2D eigenvalue weighted by molar-refractivity contribution is 5.97. The lowest BCUT2D eigenvalue weighted by Gasteiger charge is -2.21. The Bertz CT molecular complexity index is 812. The van der Waals surface area contributed by atoms with Crippen LogP contribution in [0, 0.1) is 0 Å². The predicted octanol–water partition coefficient (Wildman–Crippen LogP) is 3.89. The molecule has 144 valence electrons. The summed E-state index contributed by atoms with van der Waals surface area (Å²) in [4.78, 5) is 26.3. The standard InChI is InChI=1S/C21H27N3O3/c1-21(2,3)23-19(25)16-9-7-10-17(13-16)22-20(26)24(4)14-15-8-6-11-18(12-15)27-5/h6-13H,14H2,1-5H3,(H,22,26)(H,23,25). The van der Waals surface area contributed by atoms with Gasteiger partial charge in [0.15, 0.2) is 0 Å². The molecular formula is C21H27N3O3. The van der Waals surface area contributed by atoms with Gasteiger partial charge in [0.2, 0.25) is 0 Å². The van der Waals surface area contributed by atoms with E-state index in [0.717, 1.165) is 11.3 Å². The van der Waals surface area contributed by atoms with Crippen LogP contribution in [0.3, 0.4) is 0 Å². The molecule has 0 aliphatic rings. The summed E-state index contributed by atoms with van der Waals surface area (Å²) >= 11 is 0. The van der Waals surface area contributed by atoms with Crippen LogP contribution in [-0.2, 0) is 6.54 Å². The van der Waals surface area contributed by atoms with Gasteiger partial charge in [-0.3, -0.25) is 4.79 Å². The Hall–Kier alpha value is -3.02. The van der Waals surface area contributed by atoms with Crippen LogP contribution in [0.5, 0.6) is 5.75 Å². The van der Waals surface area contributed by atoms with Gasteiger partial charge in [-0.2, -0.15) is 0 Å². The predicted molar refractivity (Wildman–Crippen MR) is 107 cm³/mol. The summed E-state index contributed by atoms with van der Waals surface area (Å²) in [6.07, 6.45) is 0. The zero-order valence-electron chi connectivity index (χ0n) is 16.5. The summed E-state index contributed by atoms with van der Waals surface area (Å²) in [5.41, 5.74) is 1.70. The lowest BCUT2D eigenvalue weighted by molar-refractivity contribution is 0.0919. The number of hydrogen-bond acceptors (Lipinski definition) is 3. The van der Waals surface area contributed by atoms with Crippen LogP contribution in [-0.4, -0.2) is 36.5 Å². The zero-order valence-corrected chi connectivity index (χ0v) is 16.5. The molecule has 6 nitrogen and oxygen atoms in total. The van der Waals surface area contributed by atoms with Gasteiger partial charge in [-0.1, -0.05) is 18.2 Å². The summed E-state index contributed by atoms with van der Waals surface area (Å²) in [5, 5.41) is 5.73. The fraction of sp³-hybridized carbons (Fsp3) is 0.333. The van der Waals surface area contributed by atoms with E-state index in [4.69, 9.17) is 4.74 Å². The van der Waals surface area contributed by atoms with Crippen LogP contribution in [0.1, 0.15) is 36.7 Å². The molecule has 0 spiro atoms. The van der Waals surface area contributed by atoms with E-state index < -0.39 is 0 Å². The number of methoxy groups -OCH3 is 1. The maximum absolute atomic E-state index is 12.5. The number of nitrogens with zero attached hydrogens (tertiary/aromatic N) is 1. The van der Waals surface area contributed by atoms with E-state index in [1.54, 1.807) is 43.3 Å². The Morgan fingerprint density at radius 2 is 1.78 bits per heavy atom. The monoisotopic (exact) mass is 369 g/mol. The van der Waals surface area contributed by atoms with Crippen molar-refractivity contribution in [2.75, 3.05) is 19.5 Å². The first-order valence-corrected chi connectivity index (χ1v) is 8.75. The molecule has 0 aromatic heterocycles. The molecule has 0 fully saturated rings. The molecule has 0 atom stereocenters. The highest BCUT2D eigenvalue weighted by Crippen LogP contribution is 2.16. The number of amides is 3. The molecule has 0 heterocycles. The maximum Gasteiger partial charge on any atom is 0.321 e. The normalized spacial score (nSPS) is 10.9. The van der Waals surface area contributed by atoms with Crippen LogP contribution < -0.4 is 15.4 Å². The van der Waals surface area contributed by atoms with Gasteiger partial charge < -0.3 is 20.3 Å². The average Bonchev–Trinajstić information content (AvgIpc) is 2.60. The van der Waals surface area contributed by atoms with Gasteiger partial charge in [-0.15, -0.1) is 0 Å². The third-order valence-electron chi connectivity index (χ3n) is 3.77. The lowest BCUT2D eigenvalue weighted by Crippen LogP contribution is -2.40. The van der Waals surface area contributed by atoms with Gasteiger partial charge in [0.05, 0.1) is 7.11 Å². The number of nitrogens with one attached hydrogen (secondary N) is 2. The number of hydrogen-bond donors (Lipinski definition) is 2. The van der Waals surface area contributed by atoms with E-state index in [1.165, 1.54) is 0 Å². The number of carbonyl (C=O) groups is 2. The van der Waals surface area contributed by atoms with Crippen molar-refractivity contribution in [3.8, 4) is 5.75 Å². The van der Waals surface area contributed by atoms with Crippen molar-refractivity contribution in [3.05, 3.63) is 59.7 Å². The SMILES string of the molecule is COc1cccc(CN(C)C(=O)Nc2cccc(C(=O)NC(C)(C)C)c2)c1. The van der Waals surface area contributed by atoms with Crippen molar-refractivity contribution < 1.29 is 14.3 Å². The third kappa shape index (κ3) is 6.33. The molecule has 0 aliphatic carbocycles. The first-order valence-electron chi connectivity index (χ1n) is 8.75. The fourth-order valence-electron chi connectivity index (χ4n) is 2.49. The number of anilines is 1. The molecule has 0 radical (unpaired) electrons. The molecule has 0 saturated carbocycles. The molecule has 2 rings (SSSR count). The summed E-state index contributed by atoms with van der Waals surface area (Å²) in [5.74, 6) is 0.571. The average molecular weight is 369 g/mol. The first-order chi connectivity index (χ1) is 12.7. The molecule has 2 N–H and O–H groups in total. The molecular weight excluding hydrogens is 342 g/mol. The van der Waals surface area contributed by atoms with Crippen molar-refractivity contribution >= 4 is 17.6 Å². The number of ether oxygens (including phenoxy) is 1. The van der Waals surface area contributed by atoms with Gasteiger partial charge in [0.25, 0.3) is 5.91 Å². The highest BCUT2D eigenvalue weighted by atomic mass is 16.5. The van der Waals surface area contributed by atoms with Crippen LogP contribution in [0.4, 0.5) is 10.5 Å². The number of rotatable bonds is 5. The Morgan fingerprint density at radius 3 is 2.44 bits per heavy atom. The first kappa shape index (κ1) is 20.3. The zero-order chi connectivity index (χ0) is 20.0. The van der Waals surface area contributed by atoms with E-state index in [9.17, 15) is 9.59 Å². The number of carbonyl (C=O) groups excluding carboxylic acids is 2. The quantitative estimate of drug-likeness (QED) is 0.840. The molecule has 0 bridgehead atoms. The molecule has 2 aromatic rings. The van der Waals surface area contributed by atoms with Crippen molar-refractivity contribution in [3.63, 3.8) is 0 Å². The van der Waals surface area contributed by atoms with Gasteiger partial charge in [-0.25, -0.2) is 4.79 Å². The molecule has 3 amide bonds. The topological polar surface area (TPSA) is 70.7 Å². The van der Waals surface area contributed by atoms with E-state index in [0.29, 0.717) is 17.8 Å². The van der Waals surface area contributed by atoms with Crippen LogP contribution in [0.2, 0.25) is 0 Å². The number of urea groups is 1. The molecule has 6 heteroatoms. The van der Waals surface area contributed by atoms with E-state index in [1.807, 2.05) is 45.0 Å². The Kier molecular flexibility index (Phi) is 6.45. The molecule has 27 heavy (non-hydrogen) atoms. The van der Waals surface area contributed by atoms with Gasteiger partial charge in [0, 0.05) is 30.4 Å². The van der Waals surface area contributed by atoms with Crippen LogP contribution >= 0.6 is 0 Å². The number of benzene rings is 2. The maximum atomic E-state index is 12.5. The molecule has 0 aliphatic heterocycles. The smallest absolute Gasteiger partial charge is 0.321 e. The second-order valence-electron chi connectivity index (χ2n) is 7.42. The van der Waals surface area contributed by atoms with Crippen molar-refractivity contribution in [1.82, 2.24) is 10.2 Å². The van der Waals surface area contributed by atoms with Crippen LogP contribution in [0.15, 0.2) is 48.5 Å². The van der Waals surface area contributed by atoms with Crippen LogP contribution in [0.25, 0.3) is 0 Å². The largest absolute Gasteiger partial charge is 0.497 e. The van der Waals surface area contributed by atoms with E-state index in [2.05, 4.69) is 10.6 Å². The third-order valence-corrected chi connectivity index (χ3v) is 3.77.